The first kappa shape index (κ1) is 21.4. The minimum absolute atomic E-state index is 0.0189. The van der Waals surface area contributed by atoms with Gasteiger partial charge in [0.05, 0.1) is 19.8 Å². The number of rotatable bonds is 5. The van der Waals surface area contributed by atoms with Crippen LogP contribution >= 0.6 is 0 Å². The summed E-state index contributed by atoms with van der Waals surface area (Å²) in [5.74, 6) is 1.78. The fraction of sp³-hybridized carbons (Fsp3) is 0.308. The smallest absolute Gasteiger partial charge is 0.160 e. The number of aliphatic hydroxyl groups is 2. The summed E-state index contributed by atoms with van der Waals surface area (Å²) in [6.07, 6.45) is 0.448. The molecule has 0 saturated carbocycles. The molecule has 33 heavy (non-hydrogen) atoms. The summed E-state index contributed by atoms with van der Waals surface area (Å²) in [5.41, 5.74) is 5.62. The summed E-state index contributed by atoms with van der Waals surface area (Å²) < 4.78 is 17.4. The topological polar surface area (TPSA) is 109 Å². The molecule has 5 rings (SSSR count). The molecule has 172 valence electrons. The molecular weight excluding hydrogens is 424 g/mol. The molecule has 3 aromatic rings. The molecule has 2 atom stereocenters. The van der Waals surface area contributed by atoms with Crippen molar-refractivity contribution in [3.63, 3.8) is 0 Å². The van der Waals surface area contributed by atoms with Crippen molar-refractivity contribution < 1.29 is 34.6 Å². The highest BCUT2D eigenvalue weighted by molar-refractivity contribution is 5.82. The number of aryl methyl sites for hydroxylation is 1. The Bertz CT molecular complexity index is 1200. The van der Waals surface area contributed by atoms with Crippen LogP contribution in [0.5, 0.6) is 28.7 Å². The number of fused-ring (bicyclic) bond motifs is 5. The Hall–Kier alpha value is -3.42. The van der Waals surface area contributed by atoms with E-state index in [1.165, 1.54) is 13.2 Å². The Morgan fingerprint density at radius 1 is 1.00 bits per heavy atom. The van der Waals surface area contributed by atoms with Crippen molar-refractivity contribution in [3.8, 4) is 39.9 Å². The fourth-order valence-electron chi connectivity index (χ4n) is 4.88. The summed E-state index contributed by atoms with van der Waals surface area (Å²) >= 11 is 0. The largest absolute Gasteiger partial charge is 0.508 e. The first-order chi connectivity index (χ1) is 16.0. The Kier molecular flexibility index (Phi) is 5.52. The molecule has 7 nitrogen and oxygen atoms in total. The summed E-state index contributed by atoms with van der Waals surface area (Å²) in [5, 5.41) is 40.2. The second-order valence-corrected chi connectivity index (χ2v) is 8.36. The van der Waals surface area contributed by atoms with Crippen LogP contribution in [0.3, 0.4) is 0 Å². The van der Waals surface area contributed by atoms with Gasteiger partial charge in [0.15, 0.2) is 11.5 Å². The third-order valence-electron chi connectivity index (χ3n) is 6.37. The van der Waals surface area contributed by atoms with Gasteiger partial charge >= 0.3 is 0 Å². The van der Waals surface area contributed by atoms with Crippen molar-refractivity contribution in [2.24, 2.45) is 0 Å². The number of phenolic OH excluding ortho intramolecular Hbond substituents is 2. The van der Waals surface area contributed by atoms with E-state index >= 15 is 0 Å². The summed E-state index contributed by atoms with van der Waals surface area (Å²) in [4.78, 5) is 0. The Morgan fingerprint density at radius 2 is 1.85 bits per heavy atom. The van der Waals surface area contributed by atoms with Gasteiger partial charge in [0.1, 0.15) is 30.0 Å². The average molecular weight is 450 g/mol. The van der Waals surface area contributed by atoms with Crippen LogP contribution in [-0.4, -0.2) is 46.9 Å². The Labute approximate surface area is 191 Å². The molecule has 0 aromatic heterocycles. The van der Waals surface area contributed by atoms with Gasteiger partial charge in [-0.1, -0.05) is 12.1 Å². The van der Waals surface area contributed by atoms with Gasteiger partial charge in [-0.3, -0.25) is 0 Å². The number of hydrogen-bond acceptors (Lipinski definition) is 7. The van der Waals surface area contributed by atoms with Crippen molar-refractivity contribution >= 4 is 0 Å². The van der Waals surface area contributed by atoms with E-state index in [1.807, 2.05) is 12.1 Å². The zero-order valence-electron chi connectivity index (χ0n) is 18.2. The maximum Gasteiger partial charge on any atom is 0.160 e. The predicted octanol–water partition coefficient (Wildman–Crippen LogP) is 3.28. The van der Waals surface area contributed by atoms with Crippen LogP contribution in [0.2, 0.25) is 0 Å². The SMILES string of the molecule is COc1cc(C2Oc3cc(OCCO)c4c(c3CC2O)CCc2cc(O)ccc2-4)ccc1O. The molecule has 1 heterocycles. The maximum atomic E-state index is 11.0. The third kappa shape index (κ3) is 3.73. The molecule has 0 fully saturated rings. The van der Waals surface area contributed by atoms with E-state index in [0.29, 0.717) is 29.2 Å². The number of aliphatic hydroxyl groups excluding tert-OH is 2. The molecule has 1 aliphatic carbocycles. The van der Waals surface area contributed by atoms with Gasteiger partial charge in [0.25, 0.3) is 0 Å². The highest BCUT2D eigenvalue weighted by Gasteiger charge is 2.35. The average Bonchev–Trinajstić information content (AvgIpc) is 2.82. The number of phenols is 2. The molecule has 0 spiro atoms. The fourth-order valence-corrected chi connectivity index (χ4v) is 4.88. The lowest BCUT2D eigenvalue weighted by Gasteiger charge is -2.35. The lowest BCUT2D eigenvalue weighted by Crippen LogP contribution is -2.31. The molecule has 7 heteroatoms. The number of aromatic hydroxyl groups is 2. The van der Waals surface area contributed by atoms with Gasteiger partial charge in [-0.2, -0.15) is 0 Å². The Balaban J connectivity index is 1.61. The van der Waals surface area contributed by atoms with Crippen LogP contribution in [0.15, 0.2) is 42.5 Å². The lowest BCUT2D eigenvalue weighted by molar-refractivity contribution is 0.0201. The molecule has 3 aromatic carbocycles. The monoisotopic (exact) mass is 450 g/mol. The van der Waals surface area contributed by atoms with Crippen LogP contribution in [-0.2, 0) is 19.3 Å². The summed E-state index contributed by atoms with van der Waals surface area (Å²) in [6.45, 7) is 0.0175. The van der Waals surface area contributed by atoms with Gasteiger partial charge in [0, 0.05) is 23.6 Å². The lowest BCUT2D eigenvalue weighted by atomic mass is 9.80. The molecule has 4 N–H and O–H groups in total. The van der Waals surface area contributed by atoms with E-state index in [-0.39, 0.29) is 24.7 Å². The molecule has 0 bridgehead atoms. The quantitative estimate of drug-likeness (QED) is 0.472. The second-order valence-electron chi connectivity index (χ2n) is 8.36. The summed E-state index contributed by atoms with van der Waals surface area (Å²) in [7, 11) is 1.47. The van der Waals surface area contributed by atoms with Crippen molar-refractivity contribution in [2.45, 2.75) is 31.5 Å². The number of methoxy groups -OCH3 is 1. The zero-order chi connectivity index (χ0) is 23.1. The van der Waals surface area contributed by atoms with E-state index in [1.54, 1.807) is 24.3 Å². The standard InChI is InChI=1S/C26H26O7/c1-31-23-11-15(3-7-20(23)29)26-21(30)12-19-18-5-2-14-10-16(28)4-6-17(14)25(18)24(32-9-8-27)13-22(19)33-26/h3-4,6-7,10-11,13,21,26-30H,2,5,8-9,12H2,1H3. The maximum absolute atomic E-state index is 11.0. The van der Waals surface area contributed by atoms with E-state index in [4.69, 9.17) is 14.2 Å². The molecular formula is C26H26O7. The molecule has 2 aliphatic rings. The van der Waals surface area contributed by atoms with E-state index < -0.39 is 12.2 Å². The van der Waals surface area contributed by atoms with Gasteiger partial charge in [-0.15, -0.1) is 0 Å². The van der Waals surface area contributed by atoms with Crippen molar-refractivity contribution in [1.82, 2.24) is 0 Å². The van der Waals surface area contributed by atoms with Crippen LogP contribution in [0, 0.1) is 0 Å². The highest BCUT2D eigenvalue weighted by atomic mass is 16.5. The number of hydrogen-bond donors (Lipinski definition) is 4. The van der Waals surface area contributed by atoms with Gasteiger partial charge in [-0.25, -0.2) is 0 Å². The predicted molar refractivity (Wildman–Crippen MR) is 121 cm³/mol. The summed E-state index contributed by atoms with van der Waals surface area (Å²) in [6, 6.07) is 12.0. The molecule has 0 radical (unpaired) electrons. The van der Waals surface area contributed by atoms with E-state index in [0.717, 1.165) is 40.7 Å². The number of ether oxygens (including phenoxy) is 3. The van der Waals surface area contributed by atoms with Gasteiger partial charge in [0.2, 0.25) is 0 Å². The van der Waals surface area contributed by atoms with Crippen molar-refractivity contribution in [1.29, 1.82) is 0 Å². The molecule has 1 aliphatic heterocycles. The van der Waals surface area contributed by atoms with E-state index in [9.17, 15) is 20.4 Å². The van der Waals surface area contributed by atoms with Crippen molar-refractivity contribution in [3.05, 3.63) is 64.7 Å². The minimum atomic E-state index is -0.790. The Morgan fingerprint density at radius 3 is 2.64 bits per heavy atom. The molecule has 2 unspecified atom stereocenters. The normalized spacial score (nSPS) is 18.5. The molecule has 0 saturated heterocycles. The van der Waals surface area contributed by atoms with Gasteiger partial charge in [-0.05, 0) is 59.4 Å². The van der Waals surface area contributed by atoms with Crippen molar-refractivity contribution in [2.75, 3.05) is 20.3 Å². The van der Waals surface area contributed by atoms with E-state index in [2.05, 4.69) is 0 Å². The van der Waals surface area contributed by atoms with Gasteiger partial charge < -0.3 is 34.6 Å². The van der Waals surface area contributed by atoms with Crippen LogP contribution < -0.4 is 14.2 Å². The number of benzene rings is 3. The van der Waals surface area contributed by atoms with Crippen LogP contribution in [0.25, 0.3) is 11.1 Å². The minimum Gasteiger partial charge on any atom is -0.508 e. The molecule has 0 amide bonds. The first-order valence-corrected chi connectivity index (χ1v) is 11.0. The van der Waals surface area contributed by atoms with Crippen LogP contribution in [0.4, 0.5) is 0 Å². The zero-order valence-corrected chi connectivity index (χ0v) is 18.2. The van der Waals surface area contributed by atoms with Crippen LogP contribution in [0.1, 0.15) is 28.4 Å². The highest BCUT2D eigenvalue weighted by Crippen LogP contribution is 2.49. The second kappa shape index (κ2) is 8.50. The third-order valence-corrected chi connectivity index (χ3v) is 6.37. The first-order valence-electron chi connectivity index (χ1n) is 11.0.